The van der Waals surface area contributed by atoms with E-state index >= 15 is 0 Å². The maximum Gasteiger partial charge on any atom is 0.193 e. The maximum atomic E-state index is 5.92. The first-order chi connectivity index (χ1) is 8.65. The fourth-order valence-electron chi connectivity index (χ4n) is 1.98. The van der Waals surface area contributed by atoms with Crippen molar-refractivity contribution in [1.29, 1.82) is 0 Å². The molecule has 3 heterocycles. The van der Waals surface area contributed by atoms with Crippen molar-refractivity contribution in [3.8, 4) is 0 Å². The minimum Gasteiger partial charge on any atom is -0.382 e. The number of anilines is 1. The van der Waals surface area contributed by atoms with Crippen LogP contribution in [-0.2, 0) is 4.84 Å². The highest BCUT2D eigenvalue weighted by molar-refractivity contribution is 6.29. The molecule has 0 aliphatic carbocycles. The highest BCUT2D eigenvalue weighted by atomic mass is 35.5. The van der Waals surface area contributed by atoms with E-state index in [1.807, 2.05) is 26.0 Å². The average molecular weight is 263 g/mol. The first kappa shape index (κ1) is 11.2. The van der Waals surface area contributed by atoms with Crippen molar-refractivity contribution in [3.05, 3.63) is 35.4 Å². The number of allylic oxidation sites excluding steroid dienone is 1. The van der Waals surface area contributed by atoms with E-state index in [1.54, 1.807) is 11.1 Å². The van der Waals surface area contributed by atoms with Crippen LogP contribution >= 0.6 is 11.6 Å². The number of hydrogen-bond acceptors (Lipinski definition) is 5. The molecule has 0 fully saturated rings. The van der Waals surface area contributed by atoms with Gasteiger partial charge in [0.1, 0.15) is 22.8 Å². The molecule has 0 saturated carbocycles. The van der Waals surface area contributed by atoms with Gasteiger partial charge in [0.05, 0.1) is 11.6 Å². The molecule has 2 aromatic rings. The second-order valence-electron chi connectivity index (χ2n) is 4.13. The third kappa shape index (κ3) is 1.76. The van der Waals surface area contributed by atoms with Crippen molar-refractivity contribution in [2.45, 2.75) is 19.9 Å². The minimum absolute atomic E-state index is 0.101. The third-order valence-electron chi connectivity index (χ3n) is 2.73. The van der Waals surface area contributed by atoms with Crippen LogP contribution in [0.1, 0.15) is 13.8 Å². The van der Waals surface area contributed by atoms with Crippen LogP contribution in [0.4, 0.5) is 5.82 Å². The topological polar surface area (TPSA) is 51.1 Å². The quantitative estimate of drug-likeness (QED) is 0.740. The van der Waals surface area contributed by atoms with Crippen molar-refractivity contribution in [1.82, 2.24) is 15.0 Å². The number of hydrogen-bond donors (Lipinski definition) is 0. The van der Waals surface area contributed by atoms with Gasteiger partial charge in [-0.3, -0.25) is 0 Å². The molecule has 18 heavy (non-hydrogen) atoms. The van der Waals surface area contributed by atoms with Crippen molar-refractivity contribution < 1.29 is 4.84 Å². The van der Waals surface area contributed by atoms with Crippen LogP contribution in [0, 0.1) is 0 Å². The number of fused-ring (bicyclic) bond motifs is 1. The Hall–Kier alpha value is -1.88. The van der Waals surface area contributed by atoms with Gasteiger partial charge in [-0.25, -0.2) is 15.0 Å². The van der Waals surface area contributed by atoms with Gasteiger partial charge < -0.3 is 4.84 Å². The van der Waals surface area contributed by atoms with Gasteiger partial charge in [-0.2, -0.15) is 5.06 Å². The normalized spacial score (nSPS) is 18.9. The molecule has 0 saturated heterocycles. The Morgan fingerprint density at radius 3 is 2.89 bits per heavy atom. The van der Waals surface area contributed by atoms with Gasteiger partial charge >= 0.3 is 0 Å². The van der Waals surface area contributed by atoms with E-state index in [4.69, 9.17) is 16.4 Å². The summed E-state index contributed by atoms with van der Waals surface area (Å²) in [4.78, 5) is 18.3. The van der Waals surface area contributed by atoms with Crippen LogP contribution in [0.3, 0.4) is 0 Å². The Kier molecular flexibility index (Phi) is 2.56. The molecule has 1 aliphatic rings. The Balaban J connectivity index is 2.15. The van der Waals surface area contributed by atoms with E-state index in [0.29, 0.717) is 16.5 Å². The lowest BCUT2D eigenvalue weighted by Crippen LogP contribution is -2.27. The zero-order valence-electron chi connectivity index (χ0n) is 9.96. The van der Waals surface area contributed by atoms with Crippen LogP contribution in [0.25, 0.3) is 11.0 Å². The summed E-state index contributed by atoms with van der Waals surface area (Å²) in [6, 6.07) is 3.62. The molecule has 3 rings (SSSR count). The van der Waals surface area contributed by atoms with E-state index in [-0.39, 0.29) is 6.04 Å². The number of hydroxylamine groups is 1. The number of pyridine rings is 1. The van der Waals surface area contributed by atoms with Crippen LogP contribution in [0.15, 0.2) is 30.3 Å². The first-order valence-corrected chi connectivity index (χ1v) is 5.96. The highest BCUT2D eigenvalue weighted by Crippen LogP contribution is 2.29. The predicted octanol–water partition coefficient (Wildman–Crippen LogP) is 2.72. The number of halogens is 1. The lowest BCUT2D eigenvalue weighted by atomic mass is 10.3. The van der Waals surface area contributed by atoms with Crippen LogP contribution < -0.4 is 5.06 Å². The van der Waals surface area contributed by atoms with Crippen molar-refractivity contribution in [3.63, 3.8) is 0 Å². The number of nitrogens with zero attached hydrogens (tertiary/aromatic N) is 4. The zero-order valence-corrected chi connectivity index (χ0v) is 10.7. The highest BCUT2D eigenvalue weighted by Gasteiger charge is 2.25. The summed E-state index contributed by atoms with van der Waals surface area (Å²) < 4.78 is 0. The largest absolute Gasteiger partial charge is 0.382 e. The molecular formula is C12H11ClN4O. The van der Waals surface area contributed by atoms with Crippen LogP contribution in [0.5, 0.6) is 0 Å². The summed E-state index contributed by atoms with van der Waals surface area (Å²) in [7, 11) is 0. The molecule has 0 spiro atoms. The Morgan fingerprint density at radius 1 is 1.33 bits per heavy atom. The lowest BCUT2D eigenvalue weighted by Gasteiger charge is -2.21. The van der Waals surface area contributed by atoms with Gasteiger partial charge in [-0.1, -0.05) is 11.6 Å². The first-order valence-electron chi connectivity index (χ1n) is 5.58. The van der Waals surface area contributed by atoms with Crippen LogP contribution in [0.2, 0.25) is 5.15 Å². The monoisotopic (exact) mass is 262 g/mol. The van der Waals surface area contributed by atoms with E-state index in [2.05, 4.69) is 15.0 Å². The molecule has 0 N–H and O–H groups in total. The van der Waals surface area contributed by atoms with Gasteiger partial charge in [0.25, 0.3) is 0 Å². The van der Waals surface area contributed by atoms with E-state index in [9.17, 15) is 0 Å². The number of aromatic nitrogens is 3. The average Bonchev–Trinajstić information content (AvgIpc) is 2.67. The lowest BCUT2D eigenvalue weighted by molar-refractivity contribution is 0.197. The van der Waals surface area contributed by atoms with Gasteiger partial charge in [-0.05, 0) is 32.1 Å². The van der Waals surface area contributed by atoms with E-state index in [1.165, 1.54) is 6.33 Å². The Labute approximate surface area is 109 Å². The predicted molar refractivity (Wildman–Crippen MR) is 69.1 cm³/mol. The molecule has 0 radical (unpaired) electrons. The minimum atomic E-state index is 0.101. The summed E-state index contributed by atoms with van der Waals surface area (Å²) in [5, 5.41) is 2.12. The molecule has 0 aromatic carbocycles. The third-order valence-corrected chi connectivity index (χ3v) is 2.94. The smallest absolute Gasteiger partial charge is 0.193 e. The molecule has 1 unspecified atom stereocenters. The van der Waals surface area contributed by atoms with Crippen LogP contribution in [-0.4, -0.2) is 21.0 Å². The van der Waals surface area contributed by atoms with Crippen molar-refractivity contribution >= 4 is 28.5 Å². The fourth-order valence-corrected chi connectivity index (χ4v) is 2.12. The van der Waals surface area contributed by atoms with Gasteiger partial charge in [0, 0.05) is 0 Å². The molecule has 1 atom stereocenters. The second kappa shape index (κ2) is 4.10. The molecule has 5 nitrogen and oxygen atoms in total. The SMILES string of the molecule is CC1=CC(C)N(c2ncnc3ccc(Cl)nc23)O1. The van der Waals surface area contributed by atoms with Gasteiger partial charge in [0.2, 0.25) is 0 Å². The van der Waals surface area contributed by atoms with Gasteiger partial charge in [-0.15, -0.1) is 0 Å². The molecule has 2 aromatic heterocycles. The fraction of sp³-hybridized carbons (Fsp3) is 0.250. The molecule has 6 heteroatoms. The summed E-state index contributed by atoms with van der Waals surface area (Å²) in [6.07, 6.45) is 3.51. The van der Waals surface area contributed by atoms with E-state index in [0.717, 1.165) is 11.3 Å². The van der Waals surface area contributed by atoms with Crippen molar-refractivity contribution in [2.24, 2.45) is 0 Å². The molecule has 0 amide bonds. The Bertz CT molecular complexity index is 643. The summed E-state index contributed by atoms with van der Waals surface area (Å²) in [6.45, 7) is 3.93. The van der Waals surface area contributed by atoms with Gasteiger partial charge in [0.15, 0.2) is 5.82 Å². The maximum absolute atomic E-state index is 5.92. The Morgan fingerprint density at radius 2 is 2.17 bits per heavy atom. The molecular weight excluding hydrogens is 252 g/mol. The molecule has 0 bridgehead atoms. The molecule has 92 valence electrons. The standard InChI is InChI=1S/C12H11ClN4O/c1-7-5-8(2)18-17(7)12-11-9(14-6-15-12)3-4-10(13)16-11/h3-7H,1-2H3. The van der Waals surface area contributed by atoms with Crippen molar-refractivity contribution in [2.75, 3.05) is 5.06 Å². The van der Waals surface area contributed by atoms with E-state index < -0.39 is 0 Å². The summed E-state index contributed by atoms with van der Waals surface area (Å²) in [5.74, 6) is 1.47. The summed E-state index contributed by atoms with van der Waals surface area (Å²) >= 11 is 5.92. The summed E-state index contributed by atoms with van der Waals surface area (Å²) in [5.41, 5.74) is 1.38. The molecule has 1 aliphatic heterocycles. The zero-order chi connectivity index (χ0) is 12.7. The second-order valence-corrected chi connectivity index (χ2v) is 4.52. The number of rotatable bonds is 1.